The molecular formula is C14H12BrN3O2S. The standard InChI is InChI=1S/C14H12BrN3O2S/c15-12-7-10(8-16)5-6-14(12)18-21(19,20)9-11-3-1-2-4-13(11)17/h1-7,18H,9,17H2. The first-order valence-electron chi connectivity index (χ1n) is 5.95. The van der Waals surface area contributed by atoms with Crippen LogP contribution in [0.5, 0.6) is 0 Å². The van der Waals surface area contributed by atoms with E-state index in [0.29, 0.717) is 27.0 Å². The Bertz CT molecular complexity index is 813. The molecule has 0 atom stereocenters. The third-order valence-electron chi connectivity index (χ3n) is 2.76. The number of hydrogen-bond donors (Lipinski definition) is 2. The highest BCUT2D eigenvalue weighted by Gasteiger charge is 2.15. The van der Waals surface area contributed by atoms with Crippen LogP contribution in [-0.2, 0) is 15.8 Å². The number of rotatable bonds is 4. The van der Waals surface area contributed by atoms with E-state index in [2.05, 4.69) is 20.7 Å². The monoisotopic (exact) mass is 365 g/mol. The molecule has 0 amide bonds. The van der Waals surface area contributed by atoms with Crippen LogP contribution in [0.2, 0.25) is 0 Å². The number of nitrogens with zero attached hydrogens (tertiary/aromatic N) is 1. The maximum absolute atomic E-state index is 12.2. The molecule has 0 aromatic heterocycles. The van der Waals surface area contributed by atoms with Crippen molar-refractivity contribution in [3.63, 3.8) is 0 Å². The first-order chi connectivity index (χ1) is 9.91. The molecular weight excluding hydrogens is 354 g/mol. The zero-order chi connectivity index (χ0) is 15.5. The molecule has 0 saturated carbocycles. The molecule has 0 aliphatic rings. The second-order valence-electron chi connectivity index (χ2n) is 4.37. The van der Waals surface area contributed by atoms with Gasteiger partial charge in [-0.3, -0.25) is 4.72 Å². The highest BCUT2D eigenvalue weighted by Crippen LogP contribution is 2.25. The van der Waals surface area contributed by atoms with Crippen molar-refractivity contribution in [1.29, 1.82) is 5.26 Å². The Labute approximate surface area is 131 Å². The molecule has 7 heteroatoms. The lowest BCUT2D eigenvalue weighted by Gasteiger charge is -2.11. The predicted molar refractivity (Wildman–Crippen MR) is 86.0 cm³/mol. The molecule has 0 aliphatic heterocycles. The summed E-state index contributed by atoms with van der Waals surface area (Å²) in [5.74, 6) is -0.216. The molecule has 0 saturated heterocycles. The predicted octanol–water partition coefficient (Wildman–Crippen LogP) is 2.84. The molecule has 21 heavy (non-hydrogen) atoms. The quantitative estimate of drug-likeness (QED) is 0.814. The third kappa shape index (κ3) is 3.97. The van der Waals surface area contributed by atoms with E-state index in [1.165, 1.54) is 6.07 Å². The second kappa shape index (κ2) is 6.16. The van der Waals surface area contributed by atoms with Crippen LogP contribution in [0.4, 0.5) is 11.4 Å². The molecule has 0 aliphatic carbocycles. The van der Waals surface area contributed by atoms with E-state index >= 15 is 0 Å². The van der Waals surface area contributed by atoms with Crippen molar-refractivity contribution >= 4 is 37.3 Å². The van der Waals surface area contributed by atoms with E-state index in [1.54, 1.807) is 36.4 Å². The van der Waals surface area contributed by atoms with Gasteiger partial charge in [-0.25, -0.2) is 8.42 Å². The molecule has 5 nitrogen and oxygen atoms in total. The van der Waals surface area contributed by atoms with Crippen molar-refractivity contribution in [2.45, 2.75) is 5.75 Å². The summed E-state index contributed by atoms with van der Waals surface area (Å²) in [6.45, 7) is 0. The number of nitriles is 1. The Balaban J connectivity index is 2.23. The minimum Gasteiger partial charge on any atom is -0.398 e. The van der Waals surface area contributed by atoms with Gasteiger partial charge in [0.25, 0.3) is 0 Å². The lowest BCUT2D eigenvalue weighted by atomic mass is 10.2. The zero-order valence-electron chi connectivity index (χ0n) is 10.9. The van der Waals surface area contributed by atoms with Gasteiger partial charge in [0.15, 0.2) is 0 Å². The number of anilines is 2. The van der Waals surface area contributed by atoms with Crippen molar-refractivity contribution in [1.82, 2.24) is 0 Å². The van der Waals surface area contributed by atoms with Gasteiger partial charge in [-0.2, -0.15) is 5.26 Å². The van der Waals surface area contributed by atoms with Gasteiger partial charge >= 0.3 is 0 Å². The summed E-state index contributed by atoms with van der Waals surface area (Å²) in [5, 5.41) is 8.79. The van der Waals surface area contributed by atoms with E-state index < -0.39 is 10.0 Å². The van der Waals surface area contributed by atoms with E-state index in [1.807, 2.05) is 6.07 Å². The Morgan fingerprint density at radius 3 is 2.57 bits per heavy atom. The van der Waals surface area contributed by atoms with Gasteiger partial charge < -0.3 is 5.73 Å². The van der Waals surface area contributed by atoms with Crippen molar-refractivity contribution in [3.8, 4) is 6.07 Å². The molecule has 2 rings (SSSR count). The van der Waals surface area contributed by atoms with Crippen LogP contribution in [0.15, 0.2) is 46.9 Å². The maximum atomic E-state index is 12.2. The topological polar surface area (TPSA) is 96.0 Å². The van der Waals surface area contributed by atoms with Crippen LogP contribution in [0.25, 0.3) is 0 Å². The normalized spacial score (nSPS) is 10.9. The fourth-order valence-electron chi connectivity index (χ4n) is 1.74. The first-order valence-corrected chi connectivity index (χ1v) is 8.39. The van der Waals surface area contributed by atoms with Gasteiger partial charge in [0, 0.05) is 10.2 Å². The number of nitrogen functional groups attached to an aromatic ring is 1. The van der Waals surface area contributed by atoms with E-state index in [4.69, 9.17) is 11.0 Å². The highest BCUT2D eigenvalue weighted by atomic mass is 79.9. The molecule has 0 spiro atoms. The summed E-state index contributed by atoms with van der Waals surface area (Å²) in [6, 6.07) is 13.4. The van der Waals surface area contributed by atoms with Crippen LogP contribution < -0.4 is 10.5 Å². The Morgan fingerprint density at radius 2 is 1.95 bits per heavy atom. The highest BCUT2D eigenvalue weighted by molar-refractivity contribution is 9.10. The summed E-state index contributed by atoms with van der Waals surface area (Å²) in [7, 11) is -3.60. The molecule has 0 fully saturated rings. The van der Waals surface area contributed by atoms with Crippen molar-refractivity contribution in [3.05, 3.63) is 58.1 Å². The number of para-hydroxylation sites is 1. The summed E-state index contributed by atoms with van der Waals surface area (Å²) < 4.78 is 27.3. The average molecular weight is 366 g/mol. The molecule has 3 N–H and O–H groups in total. The van der Waals surface area contributed by atoms with Gasteiger partial charge in [0.1, 0.15) is 0 Å². The Morgan fingerprint density at radius 1 is 1.24 bits per heavy atom. The maximum Gasteiger partial charge on any atom is 0.237 e. The first kappa shape index (κ1) is 15.4. The zero-order valence-corrected chi connectivity index (χ0v) is 13.3. The lowest BCUT2D eigenvalue weighted by Crippen LogP contribution is -2.16. The molecule has 0 bridgehead atoms. The van der Waals surface area contributed by atoms with Crippen LogP contribution in [-0.4, -0.2) is 8.42 Å². The van der Waals surface area contributed by atoms with Gasteiger partial charge in [-0.1, -0.05) is 18.2 Å². The summed E-state index contributed by atoms with van der Waals surface area (Å²) in [5.41, 5.74) is 7.54. The van der Waals surface area contributed by atoms with Crippen molar-refractivity contribution < 1.29 is 8.42 Å². The number of halogens is 1. The average Bonchev–Trinajstić information content (AvgIpc) is 2.43. The molecule has 2 aromatic rings. The van der Waals surface area contributed by atoms with Gasteiger partial charge in [-0.15, -0.1) is 0 Å². The number of sulfonamides is 1. The van der Waals surface area contributed by atoms with Crippen LogP contribution in [0.3, 0.4) is 0 Å². The summed E-state index contributed by atoms with van der Waals surface area (Å²) in [4.78, 5) is 0. The minimum atomic E-state index is -3.60. The van der Waals surface area contributed by atoms with E-state index in [9.17, 15) is 8.42 Å². The van der Waals surface area contributed by atoms with Gasteiger partial charge in [0.2, 0.25) is 10.0 Å². The molecule has 2 aromatic carbocycles. The largest absolute Gasteiger partial charge is 0.398 e. The number of nitrogens with two attached hydrogens (primary N) is 1. The van der Waals surface area contributed by atoms with Crippen molar-refractivity contribution in [2.75, 3.05) is 10.5 Å². The number of benzene rings is 2. The SMILES string of the molecule is N#Cc1ccc(NS(=O)(=O)Cc2ccccc2N)c(Br)c1. The smallest absolute Gasteiger partial charge is 0.237 e. The molecule has 0 radical (unpaired) electrons. The third-order valence-corrected chi connectivity index (χ3v) is 4.64. The van der Waals surface area contributed by atoms with E-state index in [0.717, 1.165) is 0 Å². The molecule has 108 valence electrons. The van der Waals surface area contributed by atoms with Crippen LogP contribution >= 0.6 is 15.9 Å². The Kier molecular flexibility index (Phi) is 4.50. The fourth-order valence-corrected chi connectivity index (χ4v) is 3.61. The number of nitrogens with one attached hydrogen (secondary N) is 1. The van der Waals surface area contributed by atoms with Crippen molar-refractivity contribution in [2.24, 2.45) is 0 Å². The van der Waals surface area contributed by atoms with Crippen LogP contribution in [0.1, 0.15) is 11.1 Å². The number of hydrogen-bond acceptors (Lipinski definition) is 4. The van der Waals surface area contributed by atoms with Gasteiger partial charge in [0.05, 0.1) is 23.1 Å². The molecule has 0 unspecified atom stereocenters. The lowest BCUT2D eigenvalue weighted by molar-refractivity contribution is 0.600. The summed E-state index contributed by atoms with van der Waals surface area (Å²) >= 11 is 3.24. The molecule has 0 heterocycles. The van der Waals surface area contributed by atoms with E-state index in [-0.39, 0.29) is 5.75 Å². The van der Waals surface area contributed by atoms with Crippen LogP contribution in [0, 0.1) is 11.3 Å². The van der Waals surface area contributed by atoms with Gasteiger partial charge in [-0.05, 0) is 45.8 Å². The minimum absolute atomic E-state index is 0.216. The fraction of sp³-hybridized carbons (Fsp3) is 0.0714. The Hall–Kier alpha value is -2.04. The second-order valence-corrected chi connectivity index (χ2v) is 6.94. The summed E-state index contributed by atoms with van der Waals surface area (Å²) in [6.07, 6.45) is 0.